The van der Waals surface area contributed by atoms with Crippen molar-refractivity contribution in [1.82, 2.24) is 9.97 Å². The second-order valence-electron chi connectivity index (χ2n) is 4.22. The minimum absolute atomic E-state index is 0.214. The monoisotopic (exact) mass is 254 g/mol. The number of aromatic nitrogens is 2. The number of nitrogens with zero attached hydrogens (tertiary/aromatic N) is 2. The van der Waals surface area contributed by atoms with Crippen molar-refractivity contribution in [2.24, 2.45) is 0 Å². The number of rotatable bonds is 2. The molecule has 0 bridgehead atoms. The van der Waals surface area contributed by atoms with Crippen LogP contribution in [-0.4, -0.2) is 15.1 Å². The van der Waals surface area contributed by atoms with Gasteiger partial charge >= 0.3 is 0 Å². The number of benzene rings is 1. The number of halogens is 1. The Morgan fingerprint density at radius 3 is 2.63 bits per heavy atom. The number of fused-ring (bicyclic) bond motifs is 1. The van der Waals surface area contributed by atoms with Gasteiger partial charge < -0.3 is 5.11 Å². The minimum atomic E-state index is -1.03. The molecular formula is C15H11FN2O. The lowest BCUT2D eigenvalue weighted by atomic mass is 9.99. The van der Waals surface area contributed by atoms with Crippen molar-refractivity contribution < 1.29 is 9.50 Å². The molecule has 4 heteroatoms. The normalized spacial score (nSPS) is 12.5. The molecule has 0 radical (unpaired) electrons. The maximum atomic E-state index is 13.7. The lowest BCUT2D eigenvalue weighted by Gasteiger charge is -2.14. The second kappa shape index (κ2) is 4.74. The Bertz CT molecular complexity index is 725. The highest BCUT2D eigenvalue weighted by molar-refractivity contribution is 5.82. The van der Waals surface area contributed by atoms with Crippen LogP contribution in [0.3, 0.4) is 0 Å². The van der Waals surface area contributed by atoms with Gasteiger partial charge in [-0.25, -0.2) is 4.39 Å². The first-order valence-corrected chi connectivity index (χ1v) is 5.88. The van der Waals surface area contributed by atoms with E-state index in [0.29, 0.717) is 5.56 Å². The van der Waals surface area contributed by atoms with Crippen LogP contribution in [0, 0.1) is 5.82 Å². The van der Waals surface area contributed by atoms with Gasteiger partial charge in [0.2, 0.25) is 0 Å². The van der Waals surface area contributed by atoms with Crippen LogP contribution in [-0.2, 0) is 0 Å². The molecule has 3 nitrogen and oxygen atoms in total. The fourth-order valence-corrected chi connectivity index (χ4v) is 2.13. The van der Waals surface area contributed by atoms with Crippen LogP contribution in [0.25, 0.3) is 10.9 Å². The molecule has 0 saturated carbocycles. The van der Waals surface area contributed by atoms with Gasteiger partial charge in [0.15, 0.2) is 0 Å². The third-order valence-corrected chi connectivity index (χ3v) is 3.08. The van der Waals surface area contributed by atoms with E-state index in [0.717, 1.165) is 17.1 Å². The Balaban J connectivity index is 2.17. The van der Waals surface area contributed by atoms with Crippen LogP contribution >= 0.6 is 0 Å². The molecule has 0 aliphatic carbocycles. The topological polar surface area (TPSA) is 46.0 Å². The summed E-state index contributed by atoms with van der Waals surface area (Å²) in [6.45, 7) is 0. The molecule has 0 aliphatic rings. The fraction of sp³-hybridized carbons (Fsp3) is 0.0667. The van der Waals surface area contributed by atoms with Gasteiger partial charge in [-0.2, -0.15) is 0 Å². The highest BCUT2D eigenvalue weighted by Crippen LogP contribution is 2.28. The minimum Gasteiger partial charge on any atom is -0.384 e. The lowest BCUT2D eigenvalue weighted by molar-refractivity contribution is 0.216. The summed E-state index contributed by atoms with van der Waals surface area (Å²) in [6.07, 6.45) is 3.14. The predicted molar refractivity (Wildman–Crippen MR) is 70.0 cm³/mol. The number of para-hydroxylation sites is 1. The highest BCUT2D eigenvalue weighted by atomic mass is 19.1. The zero-order chi connectivity index (χ0) is 13.2. The van der Waals surface area contributed by atoms with Gasteiger partial charge in [-0.15, -0.1) is 0 Å². The van der Waals surface area contributed by atoms with E-state index in [2.05, 4.69) is 9.97 Å². The van der Waals surface area contributed by atoms with Gasteiger partial charge in [0.25, 0.3) is 0 Å². The van der Waals surface area contributed by atoms with Gasteiger partial charge in [-0.1, -0.05) is 18.2 Å². The van der Waals surface area contributed by atoms with Gasteiger partial charge in [-0.05, 0) is 23.8 Å². The fourth-order valence-electron chi connectivity index (χ4n) is 2.13. The van der Waals surface area contributed by atoms with Crippen LogP contribution in [0.15, 0.2) is 55.0 Å². The molecule has 2 aromatic heterocycles. The summed E-state index contributed by atoms with van der Waals surface area (Å²) in [5.74, 6) is -0.518. The standard InChI is InChI=1S/C15H11FN2O/c16-13-9-17-7-5-12(13)15(19)11-6-8-18-14-4-2-1-3-10(11)14/h1-9,15,19H. The Labute approximate surface area is 109 Å². The SMILES string of the molecule is OC(c1ccncc1F)c1ccnc2ccccc12. The van der Waals surface area contributed by atoms with Crippen molar-refractivity contribution in [3.63, 3.8) is 0 Å². The molecule has 19 heavy (non-hydrogen) atoms. The van der Waals surface area contributed by atoms with Crippen molar-refractivity contribution in [2.45, 2.75) is 6.10 Å². The van der Waals surface area contributed by atoms with Gasteiger partial charge in [-0.3, -0.25) is 9.97 Å². The Morgan fingerprint density at radius 1 is 1.00 bits per heavy atom. The maximum Gasteiger partial charge on any atom is 0.147 e. The zero-order valence-electron chi connectivity index (χ0n) is 9.99. The van der Waals surface area contributed by atoms with Crippen LogP contribution < -0.4 is 0 Å². The van der Waals surface area contributed by atoms with E-state index in [-0.39, 0.29) is 5.56 Å². The first-order chi connectivity index (χ1) is 9.27. The number of pyridine rings is 2. The molecular weight excluding hydrogens is 243 g/mol. The van der Waals surface area contributed by atoms with E-state index in [1.165, 1.54) is 12.3 Å². The summed E-state index contributed by atoms with van der Waals surface area (Å²) in [7, 11) is 0. The van der Waals surface area contributed by atoms with Gasteiger partial charge in [0.1, 0.15) is 11.9 Å². The lowest BCUT2D eigenvalue weighted by Crippen LogP contribution is -2.04. The Kier molecular flexibility index (Phi) is 2.93. The van der Waals surface area contributed by atoms with E-state index < -0.39 is 11.9 Å². The van der Waals surface area contributed by atoms with Crippen molar-refractivity contribution >= 4 is 10.9 Å². The third-order valence-electron chi connectivity index (χ3n) is 3.08. The largest absolute Gasteiger partial charge is 0.384 e. The molecule has 2 heterocycles. The summed E-state index contributed by atoms with van der Waals surface area (Å²) in [5.41, 5.74) is 1.62. The molecule has 94 valence electrons. The number of hydrogen-bond acceptors (Lipinski definition) is 3. The van der Waals surface area contributed by atoms with Gasteiger partial charge in [0, 0.05) is 23.3 Å². The molecule has 1 N–H and O–H groups in total. The molecule has 0 fully saturated rings. The summed E-state index contributed by atoms with van der Waals surface area (Å²) >= 11 is 0. The first-order valence-electron chi connectivity index (χ1n) is 5.88. The molecule has 1 atom stereocenters. The summed E-state index contributed by atoms with van der Waals surface area (Å²) in [4.78, 5) is 7.91. The maximum absolute atomic E-state index is 13.7. The van der Waals surface area contributed by atoms with Crippen LogP contribution in [0.2, 0.25) is 0 Å². The van der Waals surface area contributed by atoms with Crippen molar-refractivity contribution in [3.05, 3.63) is 71.9 Å². The van der Waals surface area contributed by atoms with Crippen molar-refractivity contribution in [2.75, 3.05) is 0 Å². The second-order valence-corrected chi connectivity index (χ2v) is 4.22. The number of aliphatic hydroxyl groups excluding tert-OH is 1. The smallest absolute Gasteiger partial charge is 0.147 e. The number of hydrogen-bond donors (Lipinski definition) is 1. The summed E-state index contributed by atoms with van der Waals surface area (Å²) in [5, 5.41) is 11.2. The van der Waals surface area contributed by atoms with E-state index in [1.807, 2.05) is 24.3 Å². The summed E-state index contributed by atoms with van der Waals surface area (Å²) in [6, 6.07) is 10.6. The van der Waals surface area contributed by atoms with Crippen molar-refractivity contribution in [3.8, 4) is 0 Å². The van der Waals surface area contributed by atoms with E-state index in [4.69, 9.17) is 0 Å². The van der Waals surface area contributed by atoms with E-state index >= 15 is 0 Å². The molecule has 0 aliphatic heterocycles. The van der Waals surface area contributed by atoms with E-state index in [9.17, 15) is 9.50 Å². The molecule has 1 aromatic carbocycles. The first kappa shape index (κ1) is 11.7. The Hall–Kier alpha value is -2.33. The third kappa shape index (κ3) is 2.06. The quantitative estimate of drug-likeness (QED) is 0.764. The van der Waals surface area contributed by atoms with Crippen LogP contribution in [0.5, 0.6) is 0 Å². The predicted octanol–water partition coefficient (Wildman–Crippen LogP) is 2.85. The van der Waals surface area contributed by atoms with Crippen LogP contribution in [0.1, 0.15) is 17.2 Å². The highest BCUT2D eigenvalue weighted by Gasteiger charge is 2.17. The molecule has 1 unspecified atom stereocenters. The van der Waals surface area contributed by atoms with E-state index in [1.54, 1.807) is 12.3 Å². The zero-order valence-corrected chi connectivity index (χ0v) is 9.99. The molecule has 0 saturated heterocycles. The van der Waals surface area contributed by atoms with Gasteiger partial charge in [0.05, 0.1) is 11.7 Å². The van der Waals surface area contributed by atoms with Crippen molar-refractivity contribution in [1.29, 1.82) is 0 Å². The average molecular weight is 254 g/mol. The average Bonchev–Trinajstić information content (AvgIpc) is 2.46. The summed E-state index contributed by atoms with van der Waals surface area (Å²) < 4.78 is 13.7. The Morgan fingerprint density at radius 2 is 1.79 bits per heavy atom. The number of aliphatic hydroxyl groups is 1. The van der Waals surface area contributed by atoms with Crippen LogP contribution in [0.4, 0.5) is 4.39 Å². The molecule has 0 amide bonds. The molecule has 0 spiro atoms. The molecule has 3 rings (SSSR count). The molecule has 3 aromatic rings.